The monoisotopic (exact) mass is 364 g/mol. The number of nitrogens with zero attached hydrogens (tertiary/aromatic N) is 1. The summed E-state index contributed by atoms with van der Waals surface area (Å²) in [7, 11) is -3.71. The number of amides is 1. The molecule has 1 aliphatic rings. The summed E-state index contributed by atoms with van der Waals surface area (Å²) in [5.41, 5.74) is 0.711. The molecule has 24 heavy (non-hydrogen) atoms. The highest BCUT2D eigenvalue weighted by Gasteiger charge is 2.21. The lowest BCUT2D eigenvalue weighted by molar-refractivity contribution is 0.0793. The molecule has 1 saturated heterocycles. The first-order chi connectivity index (χ1) is 11.5. The van der Waals surface area contributed by atoms with Crippen molar-refractivity contribution < 1.29 is 13.2 Å². The molecule has 3 rings (SSSR count). The highest BCUT2D eigenvalue weighted by Crippen LogP contribution is 2.27. The molecule has 7 heteroatoms. The van der Waals surface area contributed by atoms with Crippen LogP contribution in [0.25, 0.3) is 0 Å². The standard InChI is InChI=1S/C17H17ClN2O3S/c18-15-12-13(17(21)20-10-4-5-11-20)8-9-16(15)19-24(22,23)14-6-2-1-3-7-14/h1-3,6-9,12,19H,4-5,10-11H2. The Morgan fingerprint density at radius 2 is 1.71 bits per heavy atom. The summed E-state index contributed by atoms with van der Waals surface area (Å²) in [6.07, 6.45) is 2.02. The second-order valence-corrected chi connectivity index (χ2v) is 7.70. The highest BCUT2D eigenvalue weighted by molar-refractivity contribution is 7.92. The van der Waals surface area contributed by atoms with Gasteiger partial charge in [0.05, 0.1) is 15.6 Å². The zero-order chi connectivity index (χ0) is 17.2. The molecule has 1 N–H and O–H groups in total. The Balaban J connectivity index is 1.81. The molecule has 1 heterocycles. The minimum atomic E-state index is -3.71. The number of likely N-dealkylation sites (tertiary alicyclic amines) is 1. The summed E-state index contributed by atoms with van der Waals surface area (Å²) in [5.74, 6) is -0.0770. The summed E-state index contributed by atoms with van der Waals surface area (Å²) < 4.78 is 27.1. The van der Waals surface area contributed by atoms with Gasteiger partial charge in [-0.3, -0.25) is 9.52 Å². The van der Waals surface area contributed by atoms with Gasteiger partial charge in [-0.1, -0.05) is 29.8 Å². The van der Waals surface area contributed by atoms with Crippen LogP contribution in [-0.2, 0) is 10.0 Å². The maximum atomic E-state index is 12.3. The third-order valence-electron chi connectivity index (χ3n) is 3.91. The van der Waals surface area contributed by atoms with E-state index in [0.29, 0.717) is 5.56 Å². The van der Waals surface area contributed by atoms with Gasteiger partial charge in [0.25, 0.3) is 15.9 Å². The van der Waals surface area contributed by atoms with Crippen LogP contribution in [0.2, 0.25) is 5.02 Å². The number of anilines is 1. The third-order valence-corrected chi connectivity index (χ3v) is 5.60. The van der Waals surface area contributed by atoms with E-state index in [1.54, 1.807) is 29.2 Å². The Hall–Kier alpha value is -2.05. The average molecular weight is 365 g/mol. The Bertz CT molecular complexity index is 847. The predicted octanol–water partition coefficient (Wildman–Crippen LogP) is 3.38. The molecule has 0 unspecified atom stereocenters. The number of hydrogen-bond donors (Lipinski definition) is 1. The van der Waals surface area contributed by atoms with Crippen molar-refractivity contribution in [3.63, 3.8) is 0 Å². The maximum Gasteiger partial charge on any atom is 0.261 e. The minimum absolute atomic E-state index is 0.0770. The smallest absolute Gasteiger partial charge is 0.261 e. The van der Waals surface area contributed by atoms with E-state index in [1.165, 1.54) is 24.3 Å². The quantitative estimate of drug-likeness (QED) is 0.904. The Morgan fingerprint density at radius 3 is 2.33 bits per heavy atom. The predicted molar refractivity (Wildman–Crippen MR) is 93.8 cm³/mol. The number of sulfonamides is 1. The molecule has 1 aliphatic heterocycles. The molecular weight excluding hydrogens is 348 g/mol. The number of carbonyl (C=O) groups is 1. The second-order valence-electron chi connectivity index (χ2n) is 5.61. The Morgan fingerprint density at radius 1 is 1.04 bits per heavy atom. The van der Waals surface area contributed by atoms with E-state index in [4.69, 9.17) is 11.6 Å². The zero-order valence-corrected chi connectivity index (χ0v) is 14.5. The van der Waals surface area contributed by atoms with Gasteiger partial charge < -0.3 is 4.90 Å². The number of benzene rings is 2. The molecule has 0 atom stereocenters. The largest absolute Gasteiger partial charge is 0.339 e. The molecule has 0 spiro atoms. The Kier molecular flexibility index (Phi) is 4.78. The van der Waals surface area contributed by atoms with Crippen LogP contribution in [0.3, 0.4) is 0 Å². The second kappa shape index (κ2) is 6.83. The van der Waals surface area contributed by atoms with Crippen LogP contribution in [0, 0.1) is 0 Å². The lowest BCUT2D eigenvalue weighted by Gasteiger charge is -2.16. The van der Waals surface area contributed by atoms with Gasteiger partial charge in [-0.05, 0) is 43.2 Å². The van der Waals surface area contributed by atoms with Crippen LogP contribution in [0.15, 0.2) is 53.4 Å². The molecule has 0 radical (unpaired) electrons. The maximum absolute atomic E-state index is 12.3. The average Bonchev–Trinajstić information content (AvgIpc) is 3.11. The number of carbonyl (C=O) groups excluding carboxylic acids is 1. The van der Waals surface area contributed by atoms with Crippen LogP contribution in [0.5, 0.6) is 0 Å². The number of halogens is 1. The van der Waals surface area contributed by atoms with Crippen molar-refractivity contribution in [2.75, 3.05) is 17.8 Å². The number of nitrogens with one attached hydrogen (secondary N) is 1. The van der Waals surface area contributed by atoms with Gasteiger partial charge >= 0.3 is 0 Å². The van der Waals surface area contributed by atoms with E-state index in [-0.39, 0.29) is 21.5 Å². The van der Waals surface area contributed by atoms with Gasteiger partial charge in [-0.15, -0.1) is 0 Å². The fourth-order valence-corrected chi connectivity index (χ4v) is 4.02. The van der Waals surface area contributed by atoms with Gasteiger partial charge in [0.1, 0.15) is 0 Å². The molecule has 2 aromatic rings. The van der Waals surface area contributed by atoms with Crippen LogP contribution in [0.4, 0.5) is 5.69 Å². The molecule has 1 fully saturated rings. The van der Waals surface area contributed by atoms with E-state index < -0.39 is 10.0 Å². The fourth-order valence-electron chi connectivity index (χ4n) is 2.64. The SMILES string of the molecule is O=C(c1ccc(NS(=O)(=O)c2ccccc2)c(Cl)c1)N1CCCC1. The Labute approximate surface area is 146 Å². The molecule has 2 aromatic carbocycles. The molecule has 0 saturated carbocycles. The van der Waals surface area contributed by atoms with Crippen LogP contribution in [0.1, 0.15) is 23.2 Å². The molecule has 5 nitrogen and oxygen atoms in total. The summed E-state index contributed by atoms with van der Waals surface area (Å²) in [4.78, 5) is 14.3. The van der Waals surface area contributed by atoms with E-state index in [0.717, 1.165) is 25.9 Å². The zero-order valence-electron chi connectivity index (χ0n) is 12.9. The van der Waals surface area contributed by atoms with Crippen molar-refractivity contribution in [3.05, 3.63) is 59.1 Å². The highest BCUT2D eigenvalue weighted by atomic mass is 35.5. The van der Waals surface area contributed by atoms with Gasteiger partial charge in [0.2, 0.25) is 0 Å². The van der Waals surface area contributed by atoms with Crippen LogP contribution in [-0.4, -0.2) is 32.3 Å². The van der Waals surface area contributed by atoms with E-state index in [9.17, 15) is 13.2 Å². The van der Waals surface area contributed by atoms with E-state index in [1.807, 2.05) is 0 Å². The molecule has 1 amide bonds. The van der Waals surface area contributed by atoms with Gasteiger partial charge in [0, 0.05) is 18.7 Å². The van der Waals surface area contributed by atoms with Gasteiger partial charge in [-0.2, -0.15) is 0 Å². The van der Waals surface area contributed by atoms with Crippen LogP contribution < -0.4 is 4.72 Å². The summed E-state index contributed by atoms with van der Waals surface area (Å²) >= 11 is 6.18. The lowest BCUT2D eigenvalue weighted by Crippen LogP contribution is -2.27. The molecular formula is C17H17ClN2O3S. The fraction of sp³-hybridized carbons (Fsp3) is 0.235. The van der Waals surface area contributed by atoms with E-state index >= 15 is 0 Å². The molecule has 0 aliphatic carbocycles. The lowest BCUT2D eigenvalue weighted by atomic mass is 10.2. The topological polar surface area (TPSA) is 66.5 Å². The van der Waals surface area contributed by atoms with Crippen LogP contribution >= 0.6 is 11.6 Å². The normalized spacial score (nSPS) is 14.6. The van der Waals surface area contributed by atoms with Crippen molar-refractivity contribution in [1.29, 1.82) is 0 Å². The third kappa shape index (κ3) is 3.55. The summed E-state index contributed by atoms with van der Waals surface area (Å²) in [5, 5.41) is 0.194. The summed E-state index contributed by atoms with van der Waals surface area (Å²) in [6.45, 7) is 1.50. The van der Waals surface area contributed by atoms with E-state index in [2.05, 4.69) is 4.72 Å². The first-order valence-corrected chi connectivity index (χ1v) is 9.50. The number of hydrogen-bond acceptors (Lipinski definition) is 3. The first-order valence-electron chi connectivity index (χ1n) is 7.64. The van der Waals surface area contributed by atoms with Gasteiger partial charge in [0.15, 0.2) is 0 Å². The molecule has 0 aromatic heterocycles. The van der Waals surface area contributed by atoms with Crippen molar-refractivity contribution in [1.82, 2.24) is 4.90 Å². The molecule has 126 valence electrons. The first kappa shape index (κ1) is 16.8. The minimum Gasteiger partial charge on any atom is -0.339 e. The van der Waals surface area contributed by atoms with Crippen molar-refractivity contribution in [2.24, 2.45) is 0 Å². The van der Waals surface area contributed by atoms with Crippen molar-refractivity contribution in [3.8, 4) is 0 Å². The van der Waals surface area contributed by atoms with Gasteiger partial charge in [-0.25, -0.2) is 8.42 Å². The number of rotatable bonds is 4. The molecule has 0 bridgehead atoms. The van der Waals surface area contributed by atoms with Crippen molar-refractivity contribution >= 4 is 33.2 Å². The summed E-state index contributed by atoms with van der Waals surface area (Å²) in [6, 6.07) is 12.7. The van der Waals surface area contributed by atoms with Crippen molar-refractivity contribution in [2.45, 2.75) is 17.7 Å².